The van der Waals surface area contributed by atoms with Gasteiger partial charge in [-0.05, 0) is 30.2 Å². The summed E-state index contributed by atoms with van der Waals surface area (Å²) >= 11 is 6.08. The van der Waals surface area contributed by atoms with E-state index in [9.17, 15) is 0 Å². The number of benzene rings is 1. The van der Waals surface area contributed by atoms with Crippen LogP contribution in [0.1, 0.15) is 11.3 Å². The first-order chi connectivity index (χ1) is 11.8. The summed E-state index contributed by atoms with van der Waals surface area (Å²) in [6.45, 7) is 0. The number of hydrogen-bond acceptors (Lipinski definition) is 3. The fourth-order valence-electron chi connectivity index (χ4n) is 2.28. The zero-order valence-electron chi connectivity index (χ0n) is 12.4. The standard InChI is InChI=1S/C19H10ClN4/c20-17-13-21-11-10-14(17)6-7-16-12-22-19-9-8-18(23-24(16)19)15-4-2-1-3-5-15/h2-5,8-13H. The van der Waals surface area contributed by atoms with Crippen molar-refractivity contribution < 1.29 is 0 Å². The van der Waals surface area contributed by atoms with Gasteiger partial charge in [0, 0.05) is 23.5 Å². The number of hydrogen-bond donors (Lipinski definition) is 0. The Hall–Kier alpha value is -3.16. The molecule has 0 unspecified atom stereocenters. The third-order valence-corrected chi connectivity index (χ3v) is 3.78. The van der Waals surface area contributed by atoms with Crippen molar-refractivity contribution in [2.45, 2.75) is 0 Å². The molecule has 4 rings (SSSR count). The second-order valence-corrected chi connectivity index (χ2v) is 5.43. The predicted octanol–water partition coefficient (Wildman–Crippen LogP) is 3.64. The van der Waals surface area contributed by atoms with Crippen LogP contribution in [0.3, 0.4) is 0 Å². The molecule has 5 heteroatoms. The lowest BCUT2D eigenvalue weighted by atomic mass is 10.1. The zero-order valence-corrected chi connectivity index (χ0v) is 13.2. The third-order valence-electron chi connectivity index (χ3n) is 3.47. The molecule has 0 N–H and O–H groups in total. The molecule has 4 nitrogen and oxygen atoms in total. The van der Waals surface area contributed by atoms with Crippen LogP contribution >= 0.6 is 11.6 Å². The zero-order chi connectivity index (χ0) is 16.4. The Balaban J connectivity index is 1.79. The van der Waals surface area contributed by atoms with Crippen LogP contribution in [0.5, 0.6) is 0 Å². The van der Waals surface area contributed by atoms with Crippen molar-refractivity contribution in [3.63, 3.8) is 0 Å². The Morgan fingerprint density at radius 3 is 2.71 bits per heavy atom. The fourth-order valence-corrected chi connectivity index (χ4v) is 2.44. The second kappa shape index (κ2) is 6.15. The van der Waals surface area contributed by atoms with Crippen molar-refractivity contribution in [1.82, 2.24) is 19.6 Å². The minimum Gasteiger partial charge on any atom is -0.263 e. The lowest BCUT2D eigenvalue weighted by Gasteiger charge is -2.01. The van der Waals surface area contributed by atoms with Crippen LogP contribution in [0.2, 0.25) is 5.02 Å². The van der Waals surface area contributed by atoms with Crippen molar-refractivity contribution in [2.75, 3.05) is 0 Å². The highest BCUT2D eigenvalue weighted by atomic mass is 35.5. The fraction of sp³-hybridized carbons (Fsp3) is 0. The van der Waals surface area contributed by atoms with Crippen molar-refractivity contribution in [3.8, 4) is 23.1 Å². The molecule has 0 bridgehead atoms. The molecule has 4 aromatic rings. The van der Waals surface area contributed by atoms with Gasteiger partial charge in [-0.25, -0.2) is 9.50 Å². The molecule has 0 saturated carbocycles. The summed E-state index contributed by atoms with van der Waals surface area (Å²) in [6.07, 6.45) is 4.93. The van der Waals surface area contributed by atoms with Crippen molar-refractivity contribution in [3.05, 3.63) is 83.4 Å². The van der Waals surface area contributed by atoms with Gasteiger partial charge in [-0.1, -0.05) is 41.8 Å². The highest BCUT2D eigenvalue weighted by molar-refractivity contribution is 6.31. The summed E-state index contributed by atoms with van der Waals surface area (Å²) < 4.78 is 1.73. The van der Waals surface area contributed by atoms with Gasteiger partial charge in [-0.3, -0.25) is 4.98 Å². The van der Waals surface area contributed by atoms with Gasteiger partial charge in [0.15, 0.2) is 5.65 Å². The number of rotatable bonds is 1. The second-order valence-electron chi connectivity index (χ2n) is 5.03. The summed E-state index contributed by atoms with van der Waals surface area (Å²) in [4.78, 5) is 8.29. The first kappa shape index (κ1) is 14.4. The molecule has 0 aliphatic carbocycles. The first-order valence-corrected chi connectivity index (χ1v) is 7.62. The number of halogens is 1. The van der Waals surface area contributed by atoms with E-state index in [0.29, 0.717) is 10.7 Å². The van der Waals surface area contributed by atoms with E-state index in [1.165, 1.54) is 0 Å². The van der Waals surface area contributed by atoms with Gasteiger partial charge in [0.2, 0.25) is 0 Å². The van der Waals surface area contributed by atoms with E-state index in [2.05, 4.69) is 33.0 Å². The average molecular weight is 330 g/mol. The topological polar surface area (TPSA) is 43.1 Å². The van der Waals surface area contributed by atoms with Crippen LogP contribution in [-0.4, -0.2) is 19.6 Å². The quantitative estimate of drug-likeness (QED) is 0.501. The largest absolute Gasteiger partial charge is 0.263 e. The van der Waals surface area contributed by atoms with E-state index in [-0.39, 0.29) is 0 Å². The number of aromatic nitrogens is 4. The van der Waals surface area contributed by atoms with Gasteiger partial charge in [0.05, 0.1) is 16.9 Å². The number of pyridine rings is 1. The van der Waals surface area contributed by atoms with Gasteiger partial charge in [-0.2, -0.15) is 5.10 Å². The molecule has 113 valence electrons. The Labute approximate surface area is 143 Å². The number of imidazole rings is 1. The van der Waals surface area contributed by atoms with Gasteiger partial charge in [-0.15, -0.1) is 0 Å². The van der Waals surface area contributed by atoms with Crippen LogP contribution in [0.4, 0.5) is 0 Å². The molecule has 0 spiro atoms. The Morgan fingerprint density at radius 2 is 1.88 bits per heavy atom. The maximum atomic E-state index is 6.08. The smallest absolute Gasteiger partial charge is 0.154 e. The van der Waals surface area contributed by atoms with E-state index < -0.39 is 0 Å². The summed E-state index contributed by atoms with van der Waals surface area (Å²) in [7, 11) is 0. The molecule has 0 aliphatic heterocycles. The first-order valence-electron chi connectivity index (χ1n) is 7.24. The van der Waals surface area contributed by atoms with Crippen molar-refractivity contribution in [1.29, 1.82) is 0 Å². The summed E-state index contributed by atoms with van der Waals surface area (Å²) in [5.74, 6) is 6.11. The van der Waals surface area contributed by atoms with Gasteiger partial charge < -0.3 is 0 Å². The summed E-state index contributed by atoms with van der Waals surface area (Å²) in [5, 5.41) is 5.15. The Morgan fingerprint density at radius 1 is 1.00 bits per heavy atom. The molecule has 24 heavy (non-hydrogen) atoms. The lowest BCUT2D eigenvalue weighted by molar-refractivity contribution is 0.930. The predicted molar refractivity (Wildman–Crippen MR) is 92.5 cm³/mol. The minimum atomic E-state index is 0.521. The molecular weight excluding hydrogens is 320 g/mol. The van der Waals surface area contributed by atoms with E-state index in [4.69, 9.17) is 11.6 Å². The monoisotopic (exact) mass is 329 g/mol. The lowest BCUT2D eigenvalue weighted by Crippen LogP contribution is -1.96. The van der Waals surface area contributed by atoms with Gasteiger partial charge in [0.1, 0.15) is 5.69 Å². The van der Waals surface area contributed by atoms with E-state index in [1.807, 2.05) is 36.4 Å². The van der Waals surface area contributed by atoms with E-state index in [0.717, 1.165) is 22.5 Å². The Kier molecular flexibility index (Phi) is 3.70. The molecule has 0 aliphatic rings. The molecule has 1 aromatic carbocycles. The maximum Gasteiger partial charge on any atom is 0.154 e. The molecule has 3 heterocycles. The summed E-state index contributed by atoms with van der Waals surface area (Å²) in [6, 6.07) is 16.3. The van der Waals surface area contributed by atoms with Crippen LogP contribution in [0.25, 0.3) is 16.9 Å². The SMILES string of the molecule is Clc1cnccc1C#Cc1cnc2ccc(-c3cc[c]cc3)nn12. The van der Waals surface area contributed by atoms with Crippen LogP contribution in [-0.2, 0) is 0 Å². The van der Waals surface area contributed by atoms with Crippen LogP contribution in [0.15, 0.2) is 61.1 Å². The van der Waals surface area contributed by atoms with E-state index in [1.54, 1.807) is 29.2 Å². The van der Waals surface area contributed by atoms with Gasteiger partial charge >= 0.3 is 0 Å². The van der Waals surface area contributed by atoms with Crippen molar-refractivity contribution in [2.24, 2.45) is 0 Å². The molecule has 0 fully saturated rings. The third kappa shape index (κ3) is 2.73. The number of nitrogens with zero attached hydrogens (tertiary/aromatic N) is 4. The molecule has 0 atom stereocenters. The maximum absolute atomic E-state index is 6.08. The highest BCUT2D eigenvalue weighted by Gasteiger charge is 2.05. The molecule has 0 saturated heterocycles. The van der Waals surface area contributed by atoms with Crippen molar-refractivity contribution >= 4 is 17.2 Å². The molecular formula is C19H10ClN4. The minimum absolute atomic E-state index is 0.521. The molecule has 3 aromatic heterocycles. The Bertz CT molecular complexity index is 1070. The van der Waals surface area contributed by atoms with Crippen LogP contribution < -0.4 is 0 Å². The number of fused-ring (bicyclic) bond motifs is 1. The van der Waals surface area contributed by atoms with E-state index >= 15 is 0 Å². The average Bonchev–Trinajstić information content (AvgIpc) is 3.04. The highest BCUT2D eigenvalue weighted by Crippen LogP contribution is 2.17. The normalized spacial score (nSPS) is 10.4. The van der Waals surface area contributed by atoms with Crippen LogP contribution in [0, 0.1) is 17.9 Å². The summed E-state index contributed by atoms with van der Waals surface area (Å²) in [5.41, 5.74) is 4.02. The molecule has 0 amide bonds. The van der Waals surface area contributed by atoms with Gasteiger partial charge in [0.25, 0.3) is 0 Å². The molecule has 1 radical (unpaired) electrons.